The molecule has 1 unspecified atom stereocenters. The number of aliphatic hydroxyl groups excluding tert-OH is 1. The molecule has 5 heteroatoms. The number of aromatic hydroxyl groups is 2. The third-order valence-corrected chi connectivity index (χ3v) is 4.96. The summed E-state index contributed by atoms with van der Waals surface area (Å²) >= 11 is 1.51. The molecule has 2 aromatic carbocycles. The molecule has 2 rings (SSSR count). The zero-order chi connectivity index (χ0) is 16.8. The quantitative estimate of drug-likeness (QED) is 0.676. The number of hydrogen-bond donors (Lipinski definition) is 3. The Morgan fingerprint density at radius 2 is 1.83 bits per heavy atom. The minimum absolute atomic E-state index is 0.0376. The zero-order valence-corrected chi connectivity index (χ0v) is 13.7. The van der Waals surface area contributed by atoms with Gasteiger partial charge >= 0.3 is 0 Å². The smallest absolute Gasteiger partial charge is 0.196 e. The highest BCUT2D eigenvalue weighted by atomic mass is 32.2. The number of rotatable bonds is 7. The summed E-state index contributed by atoms with van der Waals surface area (Å²) in [6.45, 7) is 2.02. The molecule has 0 bridgehead atoms. The van der Waals surface area contributed by atoms with Crippen LogP contribution in [0.25, 0.3) is 0 Å². The first-order valence-electron chi connectivity index (χ1n) is 7.46. The molecule has 0 fully saturated rings. The number of phenols is 2. The van der Waals surface area contributed by atoms with Crippen molar-refractivity contribution >= 4 is 17.5 Å². The number of carbonyl (C=O) groups excluding carboxylic acids is 1. The molecular formula is C18H20O4S. The topological polar surface area (TPSA) is 77.8 Å². The second kappa shape index (κ2) is 8.04. The van der Waals surface area contributed by atoms with Crippen LogP contribution in [0.1, 0.15) is 40.1 Å². The van der Waals surface area contributed by atoms with Crippen LogP contribution in [0.5, 0.6) is 11.5 Å². The van der Waals surface area contributed by atoms with Gasteiger partial charge in [0.15, 0.2) is 5.78 Å². The number of phenolic OH excluding ortho intramolecular Hbond substituents is 2. The third kappa shape index (κ3) is 4.06. The molecule has 0 aliphatic carbocycles. The van der Waals surface area contributed by atoms with Gasteiger partial charge in [-0.2, -0.15) is 11.8 Å². The predicted molar refractivity (Wildman–Crippen MR) is 92.2 cm³/mol. The van der Waals surface area contributed by atoms with Crippen LogP contribution in [0.4, 0.5) is 0 Å². The molecule has 0 amide bonds. The van der Waals surface area contributed by atoms with Crippen molar-refractivity contribution in [2.24, 2.45) is 0 Å². The Morgan fingerprint density at radius 1 is 1.13 bits per heavy atom. The first kappa shape index (κ1) is 17.4. The van der Waals surface area contributed by atoms with Gasteiger partial charge in [-0.15, -0.1) is 0 Å². The third-order valence-electron chi connectivity index (χ3n) is 3.55. The minimum atomic E-state index is -0.286. The average Bonchev–Trinajstić information content (AvgIpc) is 2.57. The van der Waals surface area contributed by atoms with Crippen molar-refractivity contribution in [3.8, 4) is 11.5 Å². The van der Waals surface area contributed by atoms with Crippen molar-refractivity contribution in [1.82, 2.24) is 0 Å². The van der Waals surface area contributed by atoms with E-state index in [2.05, 4.69) is 0 Å². The van der Waals surface area contributed by atoms with Crippen LogP contribution >= 0.6 is 11.8 Å². The Hall–Kier alpha value is -1.98. The van der Waals surface area contributed by atoms with Crippen LogP contribution in [0.3, 0.4) is 0 Å². The van der Waals surface area contributed by atoms with E-state index in [1.807, 2.05) is 13.0 Å². The number of thioether (sulfide) groups is 1. The maximum absolute atomic E-state index is 12.6. The van der Waals surface area contributed by atoms with Crippen molar-refractivity contribution in [2.45, 2.75) is 18.6 Å². The molecular weight excluding hydrogens is 312 g/mol. The van der Waals surface area contributed by atoms with Crippen LogP contribution in [0.15, 0.2) is 42.5 Å². The van der Waals surface area contributed by atoms with Crippen LogP contribution in [-0.2, 0) is 0 Å². The Labute approximate surface area is 139 Å². The number of carbonyl (C=O) groups is 1. The summed E-state index contributed by atoms with van der Waals surface area (Å²) in [5, 5.41) is 29.1. The molecule has 0 radical (unpaired) electrons. The molecule has 0 aliphatic rings. The lowest BCUT2D eigenvalue weighted by Crippen LogP contribution is -2.04. The number of ketones is 1. The lowest BCUT2D eigenvalue weighted by Gasteiger charge is -2.17. The highest BCUT2D eigenvalue weighted by Gasteiger charge is 2.21. The van der Waals surface area contributed by atoms with E-state index in [1.165, 1.54) is 17.8 Å². The molecule has 0 saturated heterocycles. The fraction of sp³-hybridized carbons (Fsp3) is 0.278. The Morgan fingerprint density at radius 3 is 2.43 bits per heavy atom. The van der Waals surface area contributed by atoms with Gasteiger partial charge < -0.3 is 15.3 Å². The molecule has 0 heterocycles. The molecule has 4 nitrogen and oxygen atoms in total. The first-order chi connectivity index (χ1) is 11.1. The zero-order valence-electron chi connectivity index (χ0n) is 12.9. The van der Waals surface area contributed by atoms with Crippen molar-refractivity contribution in [2.75, 3.05) is 12.4 Å². The minimum Gasteiger partial charge on any atom is -0.507 e. The summed E-state index contributed by atoms with van der Waals surface area (Å²) in [6.07, 6.45) is 0.738. The molecule has 23 heavy (non-hydrogen) atoms. The number of aliphatic hydroxyl groups is 1. The maximum Gasteiger partial charge on any atom is 0.196 e. The van der Waals surface area contributed by atoms with Crippen LogP contribution in [-0.4, -0.2) is 33.5 Å². The fourth-order valence-corrected chi connectivity index (χ4v) is 3.40. The van der Waals surface area contributed by atoms with Crippen molar-refractivity contribution in [1.29, 1.82) is 0 Å². The molecule has 0 saturated carbocycles. The van der Waals surface area contributed by atoms with E-state index in [-0.39, 0.29) is 34.7 Å². The van der Waals surface area contributed by atoms with Gasteiger partial charge in [0.05, 0.1) is 12.2 Å². The number of benzene rings is 2. The second-order valence-electron chi connectivity index (χ2n) is 5.11. The monoisotopic (exact) mass is 332 g/mol. The molecule has 3 N–H and O–H groups in total. The molecule has 2 aromatic rings. The molecule has 122 valence electrons. The average molecular weight is 332 g/mol. The lowest BCUT2D eigenvalue weighted by atomic mass is 9.98. The Kier molecular flexibility index (Phi) is 6.07. The predicted octanol–water partition coefficient (Wildman–Crippen LogP) is 3.51. The summed E-state index contributed by atoms with van der Waals surface area (Å²) < 4.78 is 0. The summed E-state index contributed by atoms with van der Waals surface area (Å²) in [7, 11) is 0. The van der Waals surface area contributed by atoms with Crippen molar-refractivity contribution < 1.29 is 20.1 Å². The van der Waals surface area contributed by atoms with E-state index in [9.17, 15) is 15.0 Å². The van der Waals surface area contributed by atoms with E-state index < -0.39 is 0 Å². The van der Waals surface area contributed by atoms with Crippen LogP contribution in [0.2, 0.25) is 0 Å². The van der Waals surface area contributed by atoms with Crippen LogP contribution in [0, 0.1) is 0 Å². The van der Waals surface area contributed by atoms with Gasteiger partial charge in [-0.1, -0.05) is 37.3 Å². The highest BCUT2D eigenvalue weighted by Crippen LogP contribution is 2.40. The van der Waals surface area contributed by atoms with Crippen molar-refractivity contribution in [3.05, 3.63) is 59.2 Å². The summed E-state index contributed by atoms with van der Waals surface area (Å²) in [4.78, 5) is 12.6. The summed E-state index contributed by atoms with van der Waals surface area (Å²) in [5.74, 6) is -0.0151. The van der Waals surface area contributed by atoms with Gasteiger partial charge in [0, 0.05) is 28.2 Å². The number of hydrogen-bond acceptors (Lipinski definition) is 5. The van der Waals surface area contributed by atoms with Crippen molar-refractivity contribution in [3.63, 3.8) is 0 Å². The van der Waals surface area contributed by atoms with Gasteiger partial charge in [0.2, 0.25) is 0 Å². The van der Waals surface area contributed by atoms with E-state index in [0.717, 1.165) is 6.42 Å². The summed E-state index contributed by atoms with van der Waals surface area (Å²) in [6, 6.07) is 11.5. The van der Waals surface area contributed by atoms with Gasteiger partial charge in [0.25, 0.3) is 0 Å². The maximum atomic E-state index is 12.6. The van der Waals surface area contributed by atoms with Gasteiger partial charge in [-0.25, -0.2) is 0 Å². The van der Waals surface area contributed by atoms with E-state index in [1.54, 1.807) is 30.3 Å². The molecule has 0 spiro atoms. The molecule has 0 aromatic heterocycles. The summed E-state index contributed by atoms with van der Waals surface area (Å²) in [5.41, 5.74) is 1.26. The highest BCUT2D eigenvalue weighted by molar-refractivity contribution is 7.99. The van der Waals surface area contributed by atoms with E-state index in [4.69, 9.17) is 5.11 Å². The fourth-order valence-electron chi connectivity index (χ4n) is 2.40. The standard InChI is InChI=1S/C18H20O4S/c1-2-17(23-9-8-19)13-10-14(16(21)11-15(13)20)18(22)12-6-4-3-5-7-12/h3-7,10-11,17,19-21H,2,8-9H2,1H3. The SMILES string of the molecule is CCC(SCCO)c1cc(C(=O)c2ccccc2)c(O)cc1O. The van der Waals surface area contributed by atoms with E-state index >= 15 is 0 Å². The Bertz CT molecular complexity index is 670. The van der Waals surface area contributed by atoms with E-state index in [0.29, 0.717) is 16.9 Å². The molecule has 1 atom stereocenters. The van der Waals surface area contributed by atoms with Crippen LogP contribution < -0.4 is 0 Å². The first-order valence-corrected chi connectivity index (χ1v) is 8.51. The van der Waals surface area contributed by atoms with Gasteiger partial charge in [-0.3, -0.25) is 4.79 Å². The Balaban J connectivity index is 2.41. The molecule has 0 aliphatic heterocycles. The normalized spacial score (nSPS) is 12.1. The second-order valence-corrected chi connectivity index (χ2v) is 6.43. The lowest BCUT2D eigenvalue weighted by molar-refractivity contribution is 0.103. The van der Waals surface area contributed by atoms with Gasteiger partial charge in [-0.05, 0) is 12.5 Å². The van der Waals surface area contributed by atoms with Gasteiger partial charge in [0.1, 0.15) is 11.5 Å². The largest absolute Gasteiger partial charge is 0.507 e.